The molecule has 0 fully saturated rings. The zero-order chi connectivity index (χ0) is 8.65. The fourth-order valence-corrected chi connectivity index (χ4v) is 2.21. The maximum absolute atomic E-state index is 8.27. The summed E-state index contributed by atoms with van der Waals surface area (Å²) in [5.41, 5.74) is 0. The predicted molar refractivity (Wildman–Crippen MR) is 50.1 cm³/mol. The van der Waals surface area contributed by atoms with Gasteiger partial charge in [0.05, 0.1) is 6.07 Å². The van der Waals surface area contributed by atoms with Gasteiger partial charge in [0.1, 0.15) is 6.33 Å². The zero-order valence-electron chi connectivity index (χ0n) is 6.56. The fraction of sp³-hybridized carbons (Fsp3) is 0.571. The third-order valence-electron chi connectivity index (χ3n) is 1.25. The van der Waals surface area contributed by atoms with Gasteiger partial charge in [-0.15, -0.1) is 0 Å². The number of nitrogens with zero attached hydrogens (tertiary/aromatic N) is 3. The van der Waals surface area contributed by atoms with Gasteiger partial charge in [-0.3, -0.25) is 0 Å². The number of hydrogen-bond acceptors (Lipinski definition) is 5. The lowest BCUT2D eigenvalue weighted by Crippen LogP contribution is -1.79. The Morgan fingerprint density at radius 1 is 1.58 bits per heavy atom. The molecule has 1 rings (SSSR count). The molecule has 0 aliphatic heterocycles. The Balaban J connectivity index is 2.01. The summed E-state index contributed by atoms with van der Waals surface area (Å²) in [6.07, 6.45) is 4.30. The number of aromatic nitrogens is 2. The number of unbranched alkanes of at least 4 members (excludes halogenated alkanes) is 2. The molecule has 64 valence electrons. The maximum atomic E-state index is 8.27. The third-order valence-corrected chi connectivity index (χ3v) is 3.13. The Hall–Kier alpha value is -0.600. The molecule has 5 heteroatoms. The highest BCUT2D eigenvalue weighted by atomic mass is 32.2. The van der Waals surface area contributed by atoms with Gasteiger partial charge >= 0.3 is 0 Å². The Bertz CT molecular complexity index is 240. The highest BCUT2D eigenvalue weighted by molar-refractivity contribution is 8.00. The molecule has 0 radical (unpaired) electrons. The summed E-state index contributed by atoms with van der Waals surface area (Å²) >= 11 is 3.14. The molecule has 12 heavy (non-hydrogen) atoms. The Kier molecular flexibility index (Phi) is 4.73. The number of thioether (sulfide) groups is 1. The molecule has 0 aromatic carbocycles. The largest absolute Gasteiger partial charge is 0.216 e. The average Bonchev–Trinajstić information content (AvgIpc) is 2.57. The first-order chi connectivity index (χ1) is 5.93. The second-order valence-electron chi connectivity index (χ2n) is 2.17. The monoisotopic (exact) mass is 199 g/mol. The molecular formula is C7H9N3S2. The van der Waals surface area contributed by atoms with Crippen molar-refractivity contribution in [2.45, 2.75) is 23.6 Å². The van der Waals surface area contributed by atoms with E-state index in [1.807, 2.05) is 0 Å². The first-order valence-electron chi connectivity index (χ1n) is 3.70. The van der Waals surface area contributed by atoms with E-state index < -0.39 is 0 Å². The van der Waals surface area contributed by atoms with Crippen LogP contribution in [0.5, 0.6) is 0 Å². The van der Waals surface area contributed by atoms with Gasteiger partial charge in [-0.2, -0.15) is 9.64 Å². The number of rotatable bonds is 5. The van der Waals surface area contributed by atoms with Crippen LogP contribution in [-0.4, -0.2) is 15.1 Å². The molecule has 1 aromatic rings. The van der Waals surface area contributed by atoms with Crippen molar-refractivity contribution in [3.63, 3.8) is 0 Å². The van der Waals surface area contributed by atoms with Crippen LogP contribution in [0.15, 0.2) is 10.7 Å². The van der Waals surface area contributed by atoms with Crippen LogP contribution in [0.3, 0.4) is 0 Å². The van der Waals surface area contributed by atoms with Crippen LogP contribution in [-0.2, 0) is 0 Å². The van der Waals surface area contributed by atoms with E-state index in [2.05, 4.69) is 15.4 Å². The van der Waals surface area contributed by atoms with Gasteiger partial charge in [0.2, 0.25) is 0 Å². The molecule has 3 nitrogen and oxygen atoms in total. The van der Waals surface area contributed by atoms with Crippen molar-refractivity contribution < 1.29 is 0 Å². The van der Waals surface area contributed by atoms with E-state index in [4.69, 9.17) is 5.26 Å². The van der Waals surface area contributed by atoms with E-state index in [-0.39, 0.29) is 0 Å². The Morgan fingerprint density at radius 3 is 3.17 bits per heavy atom. The van der Waals surface area contributed by atoms with Gasteiger partial charge in [-0.05, 0) is 24.4 Å². The lowest BCUT2D eigenvalue weighted by Gasteiger charge is -1.93. The summed E-state index contributed by atoms with van der Waals surface area (Å²) in [5, 5.41) is 8.27. The number of hydrogen-bond donors (Lipinski definition) is 0. The van der Waals surface area contributed by atoms with Crippen LogP contribution in [0.25, 0.3) is 0 Å². The second-order valence-corrected chi connectivity index (χ2v) is 4.29. The van der Waals surface area contributed by atoms with Crippen molar-refractivity contribution in [3.8, 4) is 6.07 Å². The van der Waals surface area contributed by atoms with Crippen molar-refractivity contribution in [1.82, 2.24) is 9.36 Å². The highest BCUT2D eigenvalue weighted by Gasteiger charge is 1.96. The van der Waals surface area contributed by atoms with E-state index in [9.17, 15) is 0 Å². The SMILES string of the molecule is N#CCCCCSc1ncns1. The van der Waals surface area contributed by atoms with Crippen LogP contribution in [0.1, 0.15) is 19.3 Å². The van der Waals surface area contributed by atoms with Crippen LogP contribution in [0.2, 0.25) is 0 Å². The standard InChI is InChI=1S/C7H9N3S2/c8-4-2-1-3-5-11-7-9-6-10-12-7/h6H,1-3,5H2. The van der Waals surface area contributed by atoms with Crippen molar-refractivity contribution in [2.75, 3.05) is 5.75 Å². The van der Waals surface area contributed by atoms with Crippen LogP contribution in [0, 0.1) is 11.3 Å². The molecule has 0 bridgehead atoms. The van der Waals surface area contributed by atoms with E-state index >= 15 is 0 Å². The Labute approximate surface area is 80.0 Å². The summed E-state index contributed by atoms with van der Waals surface area (Å²) < 4.78 is 4.91. The van der Waals surface area contributed by atoms with Gasteiger partial charge in [-0.1, -0.05) is 11.8 Å². The first kappa shape index (κ1) is 9.49. The van der Waals surface area contributed by atoms with Gasteiger partial charge < -0.3 is 0 Å². The van der Waals surface area contributed by atoms with Crippen LogP contribution >= 0.6 is 23.3 Å². The fourth-order valence-electron chi connectivity index (χ4n) is 0.692. The summed E-state index contributed by atoms with van der Waals surface area (Å²) in [6, 6.07) is 2.13. The van der Waals surface area contributed by atoms with Crippen molar-refractivity contribution in [2.24, 2.45) is 0 Å². The van der Waals surface area contributed by atoms with Gasteiger partial charge in [0, 0.05) is 12.2 Å². The summed E-state index contributed by atoms with van der Waals surface area (Å²) in [5.74, 6) is 1.04. The smallest absolute Gasteiger partial charge is 0.169 e. The molecule has 0 spiro atoms. The summed E-state index contributed by atoms with van der Waals surface area (Å²) in [6.45, 7) is 0. The topological polar surface area (TPSA) is 49.6 Å². The molecule has 0 saturated carbocycles. The lowest BCUT2D eigenvalue weighted by molar-refractivity contribution is 0.830. The van der Waals surface area contributed by atoms with Gasteiger partial charge in [0.25, 0.3) is 0 Å². The maximum Gasteiger partial charge on any atom is 0.169 e. The Morgan fingerprint density at radius 2 is 2.50 bits per heavy atom. The predicted octanol–water partition coefficient (Wildman–Crippen LogP) is 2.32. The second kappa shape index (κ2) is 5.98. The number of nitriles is 1. The van der Waals surface area contributed by atoms with E-state index in [0.29, 0.717) is 6.42 Å². The van der Waals surface area contributed by atoms with Crippen LogP contribution in [0.4, 0.5) is 0 Å². The van der Waals surface area contributed by atoms with Crippen molar-refractivity contribution >= 4 is 23.3 Å². The molecule has 0 atom stereocenters. The third kappa shape index (κ3) is 3.69. The first-order valence-corrected chi connectivity index (χ1v) is 5.46. The molecular weight excluding hydrogens is 190 g/mol. The summed E-state index contributed by atoms with van der Waals surface area (Å²) in [7, 11) is 0. The molecule has 1 heterocycles. The van der Waals surface area contributed by atoms with Gasteiger partial charge in [-0.25, -0.2) is 4.98 Å². The average molecular weight is 199 g/mol. The molecule has 0 amide bonds. The minimum absolute atomic E-state index is 0.663. The molecule has 0 unspecified atom stereocenters. The van der Waals surface area contributed by atoms with E-state index in [1.54, 1.807) is 18.1 Å². The minimum atomic E-state index is 0.663. The molecule has 1 aromatic heterocycles. The van der Waals surface area contributed by atoms with Gasteiger partial charge in [0.15, 0.2) is 4.34 Å². The quantitative estimate of drug-likeness (QED) is 0.539. The zero-order valence-corrected chi connectivity index (χ0v) is 8.20. The van der Waals surface area contributed by atoms with Crippen molar-refractivity contribution in [3.05, 3.63) is 6.33 Å². The molecule has 0 saturated heterocycles. The van der Waals surface area contributed by atoms with E-state index in [0.717, 1.165) is 22.9 Å². The van der Waals surface area contributed by atoms with Crippen molar-refractivity contribution in [1.29, 1.82) is 5.26 Å². The molecule has 0 N–H and O–H groups in total. The van der Waals surface area contributed by atoms with E-state index in [1.165, 1.54) is 11.5 Å². The molecule has 0 aliphatic carbocycles. The minimum Gasteiger partial charge on any atom is -0.216 e. The highest BCUT2D eigenvalue weighted by Crippen LogP contribution is 2.19. The molecule has 0 aliphatic rings. The summed E-state index contributed by atoms with van der Waals surface area (Å²) in [4.78, 5) is 4.04. The normalized spacial score (nSPS) is 9.58. The van der Waals surface area contributed by atoms with Crippen LogP contribution < -0.4 is 0 Å². The lowest BCUT2D eigenvalue weighted by atomic mass is 10.3.